The van der Waals surface area contributed by atoms with Crippen LogP contribution in [0.4, 0.5) is 5.13 Å². The lowest BCUT2D eigenvalue weighted by molar-refractivity contribution is 0.329. The first kappa shape index (κ1) is 15.1. The van der Waals surface area contributed by atoms with Crippen LogP contribution in [0.3, 0.4) is 0 Å². The molecule has 0 spiro atoms. The van der Waals surface area contributed by atoms with Crippen molar-refractivity contribution in [2.75, 3.05) is 18.0 Å². The van der Waals surface area contributed by atoms with Crippen LogP contribution in [0.25, 0.3) is 0 Å². The van der Waals surface area contributed by atoms with Crippen molar-refractivity contribution in [3.63, 3.8) is 0 Å². The van der Waals surface area contributed by atoms with Crippen molar-refractivity contribution in [2.24, 2.45) is 5.92 Å². The number of hydrogen-bond donors (Lipinski definition) is 0. The minimum Gasteiger partial charge on any atom is -0.346 e. The first-order valence-electron chi connectivity index (χ1n) is 7.47. The van der Waals surface area contributed by atoms with E-state index in [2.05, 4.69) is 40.1 Å². The standard InChI is InChI=1S/C15H21N5OS/c1-10-16-14(22-18-10)19-7-11(8-19)9-20-13(21)6-5-12(17-20)15(2,3)4/h5-6,11H,7-9H2,1-4H3. The molecular weight excluding hydrogens is 298 g/mol. The van der Waals surface area contributed by atoms with Gasteiger partial charge >= 0.3 is 0 Å². The van der Waals surface area contributed by atoms with Crippen LogP contribution in [0.2, 0.25) is 0 Å². The molecule has 0 bridgehead atoms. The molecule has 118 valence electrons. The normalized spacial score (nSPS) is 15.9. The Morgan fingerprint density at radius 1 is 1.32 bits per heavy atom. The molecule has 3 rings (SSSR count). The second-order valence-electron chi connectivity index (χ2n) is 6.88. The summed E-state index contributed by atoms with van der Waals surface area (Å²) in [6.45, 7) is 10.7. The molecule has 2 aromatic heterocycles. The number of aryl methyl sites for hydroxylation is 1. The fourth-order valence-corrected chi connectivity index (χ4v) is 3.17. The SMILES string of the molecule is Cc1nsc(N2CC(Cn3nc(C(C)(C)C)ccc3=O)C2)n1. The molecule has 0 N–H and O–H groups in total. The van der Waals surface area contributed by atoms with Gasteiger partial charge in [-0.3, -0.25) is 4.79 Å². The van der Waals surface area contributed by atoms with Crippen LogP contribution in [-0.2, 0) is 12.0 Å². The van der Waals surface area contributed by atoms with Gasteiger partial charge < -0.3 is 4.90 Å². The van der Waals surface area contributed by atoms with Crippen LogP contribution in [0.1, 0.15) is 32.3 Å². The summed E-state index contributed by atoms with van der Waals surface area (Å²) in [4.78, 5) is 18.6. The molecule has 2 aromatic rings. The van der Waals surface area contributed by atoms with E-state index in [-0.39, 0.29) is 11.0 Å². The Bertz CT molecular complexity index is 724. The average Bonchev–Trinajstić information content (AvgIpc) is 2.80. The largest absolute Gasteiger partial charge is 0.346 e. The third-order valence-corrected chi connectivity index (χ3v) is 4.68. The van der Waals surface area contributed by atoms with E-state index in [1.54, 1.807) is 10.7 Å². The van der Waals surface area contributed by atoms with Gasteiger partial charge in [-0.1, -0.05) is 20.8 Å². The second-order valence-corrected chi connectivity index (χ2v) is 7.61. The van der Waals surface area contributed by atoms with E-state index in [1.807, 2.05) is 13.0 Å². The Balaban J connectivity index is 1.67. The van der Waals surface area contributed by atoms with Crippen molar-refractivity contribution < 1.29 is 0 Å². The fraction of sp³-hybridized carbons (Fsp3) is 0.600. The zero-order chi connectivity index (χ0) is 15.9. The van der Waals surface area contributed by atoms with Crippen molar-refractivity contribution in [3.8, 4) is 0 Å². The summed E-state index contributed by atoms with van der Waals surface area (Å²) < 4.78 is 5.81. The summed E-state index contributed by atoms with van der Waals surface area (Å²) in [5.74, 6) is 1.25. The van der Waals surface area contributed by atoms with Crippen molar-refractivity contribution >= 4 is 16.7 Å². The van der Waals surface area contributed by atoms with Gasteiger partial charge in [-0.05, 0) is 13.0 Å². The summed E-state index contributed by atoms with van der Waals surface area (Å²) in [6, 6.07) is 3.45. The van der Waals surface area contributed by atoms with Crippen molar-refractivity contribution in [2.45, 2.75) is 39.7 Å². The Morgan fingerprint density at radius 2 is 2.05 bits per heavy atom. The highest BCUT2D eigenvalue weighted by atomic mass is 32.1. The van der Waals surface area contributed by atoms with Gasteiger partial charge in [0.1, 0.15) is 5.82 Å². The first-order valence-corrected chi connectivity index (χ1v) is 8.24. The van der Waals surface area contributed by atoms with Crippen LogP contribution in [0, 0.1) is 12.8 Å². The Kier molecular flexibility index (Phi) is 3.76. The number of hydrogen-bond acceptors (Lipinski definition) is 6. The van der Waals surface area contributed by atoms with Gasteiger partial charge in [0.2, 0.25) is 5.13 Å². The van der Waals surface area contributed by atoms with E-state index in [1.165, 1.54) is 11.5 Å². The Hall–Kier alpha value is -1.76. The van der Waals surface area contributed by atoms with Gasteiger partial charge in [0.25, 0.3) is 5.56 Å². The lowest BCUT2D eigenvalue weighted by Crippen LogP contribution is -2.49. The molecule has 22 heavy (non-hydrogen) atoms. The molecule has 3 heterocycles. The van der Waals surface area contributed by atoms with Crippen molar-refractivity contribution in [3.05, 3.63) is 34.0 Å². The molecule has 6 nitrogen and oxygen atoms in total. The van der Waals surface area contributed by atoms with Gasteiger partial charge in [-0.25, -0.2) is 9.67 Å². The van der Waals surface area contributed by atoms with Crippen LogP contribution in [0.5, 0.6) is 0 Å². The molecule has 1 aliphatic heterocycles. The maximum absolute atomic E-state index is 12.0. The maximum Gasteiger partial charge on any atom is 0.266 e. The summed E-state index contributed by atoms with van der Waals surface area (Å²) >= 11 is 1.43. The summed E-state index contributed by atoms with van der Waals surface area (Å²) in [5.41, 5.74) is 0.867. The number of rotatable bonds is 3. The molecule has 1 fully saturated rings. The van der Waals surface area contributed by atoms with Crippen LogP contribution >= 0.6 is 11.5 Å². The summed E-state index contributed by atoms with van der Waals surface area (Å²) in [5, 5.41) is 5.50. The van der Waals surface area contributed by atoms with Gasteiger partial charge in [-0.15, -0.1) is 0 Å². The van der Waals surface area contributed by atoms with Gasteiger partial charge in [0, 0.05) is 42.0 Å². The first-order chi connectivity index (χ1) is 10.3. The topological polar surface area (TPSA) is 63.9 Å². The minimum absolute atomic E-state index is 0.0294. The molecule has 0 unspecified atom stereocenters. The molecule has 0 amide bonds. The number of anilines is 1. The third kappa shape index (κ3) is 3.04. The van der Waals surface area contributed by atoms with E-state index in [0.29, 0.717) is 12.5 Å². The van der Waals surface area contributed by atoms with E-state index in [9.17, 15) is 4.79 Å². The summed E-state index contributed by atoms with van der Waals surface area (Å²) in [7, 11) is 0. The quantitative estimate of drug-likeness (QED) is 0.864. The monoisotopic (exact) mass is 319 g/mol. The van der Waals surface area contributed by atoms with Gasteiger partial charge in [0.15, 0.2) is 0 Å². The molecule has 0 saturated carbocycles. The van der Waals surface area contributed by atoms with Crippen LogP contribution < -0.4 is 10.5 Å². The molecule has 1 saturated heterocycles. The van der Waals surface area contributed by atoms with E-state index < -0.39 is 0 Å². The van der Waals surface area contributed by atoms with Crippen molar-refractivity contribution in [1.29, 1.82) is 0 Å². The number of nitrogens with zero attached hydrogens (tertiary/aromatic N) is 5. The average molecular weight is 319 g/mol. The molecule has 7 heteroatoms. The zero-order valence-corrected chi connectivity index (χ0v) is 14.2. The minimum atomic E-state index is -0.0504. The third-order valence-electron chi connectivity index (χ3n) is 3.81. The lowest BCUT2D eigenvalue weighted by Gasteiger charge is -2.38. The summed E-state index contributed by atoms with van der Waals surface area (Å²) in [6.07, 6.45) is 0. The molecule has 0 radical (unpaired) electrons. The second kappa shape index (κ2) is 5.46. The lowest BCUT2D eigenvalue weighted by atomic mass is 9.92. The van der Waals surface area contributed by atoms with Crippen LogP contribution in [-0.4, -0.2) is 32.2 Å². The van der Waals surface area contributed by atoms with E-state index in [4.69, 9.17) is 0 Å². The molecule has 0 aliphatic carbocycles. The predicted octanol–water partition coefficient (Wildman–Crippen LogP) is 1.84. The maximum atomic E-state index is 12.0. The van der Waals surface area contributed by atoms with E-state index >= 15 is 0 Å². The van der Waals surface area contributed by atoms with E-state index in [0.717, 1.165) is 29.7 Å². The van der Waals surface area contributed by atoms with Gasteiger partial charge in [-0.2, -0.15) is 9.47 Å². The van der Waals surface area contributed by atoms with Crippen molar-refractivity contribution in [1.82, 2.24) is 19.1 Å². The Morgan fingerprint density at radius 3 is 2.64 bits per heavy atom. The Labute approximate surface area is 134 Å². The zero-order valence-electron chi connectivity index (χ0n) is 13.4. The fourth-order valence-electron chi connectivity index (χ4n) is 2.48. The molecule has 0 atom stereocenters. The molecular formula is C15H21N5OS. The highest BCUT2D eigenvalue weighted by Crippen LogP contribution is 2.26. The molecule has 0 aromatic carbocycles. The predicted molar refractivity (Wildman–Crippen MR) is 87.5 cm³/mol. The van der Waals surface area contributed by atoms with Gasteiger partial charge in [0.05, 0.1) is 12.2 Å². The highest BCUT2D eigenvalue weighted by molar-refractivity contribution is 7.09. The van der Waals surface area contributed by atoms with Crippen LogP contribution in [0.15, 0.2) is 16.9 Å². The molecule has 1 aliphatic rings. The highest BCUT2D eigenvalue weighted by Gasteiger charge is 2.30. The smallest absolute Gasteiger partial charge is 0.266 e. The number of aromatic nitrogens is 4.